The number of hydrogen-bond donors (Lipinski definition) is 4. The lowest BCUT2D eigenvalue weighted by molar-refractivity contribution is -0.141. The number of rotatable bonds is 10. The van der Waals surface area contributed by atoms with Crippen LogP contribution in [-0.4, -0.2) is 48.5 Å². The van der Waals surface area contributed by atoms with E-state index in [0.717, 1.165) is 11.8 Å². The highest BCUT2D eigenvalue weighted by molar-refractivity contribution is 6.38. The van der Waals surface area contributed by atoms with E-state index < -0.39 is 42.0 Å². The van der Waals surface area contributed by atoms with E-state index >= 15 is 0 Å². The van der Waals surface area contributed by atoms with Gasteiger partial charge in [-0.15, -0.1) is 0 Å². The number of benzene rings is 2. The molecule has 0 spiro atoms. The van der Waals surface area contributed by atoms with Crippen LogP contribution in [0.3, 0.4) is 0 Å². The molecule has 0 radical (unpaired) electrons. The summed E-state index contributed by atoms with van der Waals surface area (Å²) in [5, 5.41) is 11.4. The highest BCUT2D eigenvalue weighted by Gasteiger charge is 2.33. The Morgan fingerprint density at radius 2 is 1.82 bits per heavy atom. The SMILES string of the molecule is O=C(CNC(=O)c1cc2ccccc2o1)NC(C[C@@H]1CCCNC1=O)C(=O)C(=O)NCc1ccccc1Cl. The Bertz CT molecular complexity index is 1340. The molecule has 2 heterocycles. The smallest absolute Gasteiger partial charge is 0.289 e. The quantitative estimate of drug-likeness (QED) is 0.291. The number of halogens is 1. The Kier molecular flexibility index (Phi) is 8.75. The molecule has 1 aromatic heterocycles. The number of carbonyl (C=O) groups excluding carboxylic acids is 5. The van der Waals surface area contributed by atoms with Gasteiger partial charge >= 0.3 is 0 Å². The molecule has 38 heavy (non-hydrogen) atoms. The summed E-state index contributed by atoms with van der Waals surface area (Å²) in [6, 6.07) is 14.2. The van der Waals surface area contributed by atoms with Gasteiger partial charge in [0.2, 0.25) is 17.6 Å². The number of fused-ring (bicyclic) bond motifs is 1. The number of carbonyl (C=O) groups is 5. The largest absolute Gasteiger partial charge is 0.451 e. The predicted molar refractivity (Wildman–Crippen MR) is 139 cm³/mol. The maximum Gasteiger partial charge on any atom is 0.289 e. The molecule has 0 saturated carbocycles. The standard InChI is InChI=1S/C27H27ClN4O6/c28-19-9-3-1-7-18(19)14-30-27(37)24(34)20(12-17-8-5-11-29-25(17)35)32-23(33)15-31-26(36)22-13-16-6-2-4-10-21(16)38-22/h1-4,6-7,9-10,13,17,20H,5,8,11-12,14-15H2,(H,29,35)(H,30,37)(H,31,36)(H,32,33)/t17-,20?/m0/s1. The van der Waals surface area contributed by atoms with E-state index in [1.165, 1.54) is 0 Å². The van der Waals surface area contributed by atoms with E-state index in [1.807, 2.05) is 0 Å². The maximum absolute atomic E-state index is 13.0. The summed E-state index contributed by atoms with van der Waals surface area (Å²) in [6.07, 6.45) is 1.19. The van der Waals surface area contributed by atoms with Crippen LogP contribution in [0.4, 0.5) is 0 Å². The summed E-state index contributed by atoms with van der Waals surface area (Å²) in [4.78, 5) is 63.1. The number of ketones is 1. The van der Waals surface area contributed by atoms with Crippen molar-refractivity contribution >= 4 is 52.0 Å². The van der Waals surface area contributed by atoms with Crippen molar-refractivity contribution in [3.8, 4) is 0 Å². The Balaban J connectivity index is 1.38. The normalized spacial score (nSPS) is 15.8. The zero-order chi connectivity index (χ0) is 27.1. The molecular formula is C27H27ClN4O6. The summed E-state index contributed by atoms with van der Waals surface area (Å²) in [5.41, 5.74) is 1.15. The molecule has 0 bridgehead atoms. The Hall–Kier alpha value is -4.18. The van der Waals surface area contributed by atoms with Crippen molar-refractivity contribution in [1.29, 1.82) is 0 Å². The fourth-order valence-corrected chi connectivity index (χ4v) is 4.43. The van der Waals surface area contributed by atoms with Crippen molar-refractivity contribution in [2.45, 2.75) is 31.8 Å². The first-order valence-electron chi connectivity index (χ1n) is 12.2. The van der Waals surface area contributed by atoms with Gasteiger partial charge < -0.3 is 25.7 Å². The van der Waals surface area contributed by atoms with Gasteiger partial charge in [-0.05, 0) is 43.0 Å². The molecule has 11 heteroatoms. The number of para-hydroxylation sites is 1. The first-order valence-corrected chi connectivity index (χ1v) is 12.6. The molecule has 1 aliphatic rings. The molecule has 1 unspecified atom stereocenters. The first-order chi connectivity index (χ1) is 18.3. The molecule has 2 aromatic carbocycles. The van der Waals surface area contributed by atoms with Gasteiger partial charge in [0.1, 0.15) is 5.58 Å². The van der Waals surface area contributed by atoms with Gasteiger partial charge in [-0.3, -0.25) is 24.0 Å². The fraction of sp³-hybridized carbons (Fsp3) is 0.296. The van der Waals surface area contributed by atoms with Crippen molar-refractivity contribution in [2.75, 3.05) is 13.1 Å². The van der Waals surface area contributed by atoms with Crippen LogP contribution >= 0.6 is 11.6 Å². The average Bonchev–Trinajstić information content (AvgIpc) is 3.36. The summed E-state index contributed by atoms with van der Waals surface area (Å²) >= 11 is 6.11. The third kappa shape index (κ3) is 6.77. The van der Waals surface area contributed by atoms with Gasteiger partial charge in [0, 0.05) is 29.4 Å². The highest BCUT2D eigenvalue weighted by Crippen LogP contribution is 2.20. The van der Waals surface area contributed by atoms with Crippen LogP contribution in [0.1, 0.15) is 35.4 Å². The molecule has 4 rings (SSSR count). The minimum atomic E-state index is -1.26. The van der Waals surface area contributed by atoms with Crippen molar-refractivity contribution < 1.29 is 28.4 Å². The molecule has 4 amide bonds. The van der Waals surface area contributed by atoms with Crippen LogP contribution in [0.15, 0.2) is 59.0 Å². The molecule has 1 saturated heterocycles. The number of hydrogen-bond acceptors (Lipinski definition) is 6. The lowest BCUT2D eigenvalue weighted by atomic mass is 9.90. The molecule has 2 atom stereocenters. The van der Waals surface area contributed by atoms with E-state index in [0.29, 0.717) is 29.1 Å². The van der Waals surface area contributed by atoms with Gasteiger partial charge in [-0.1, -0.05) is 48.0 Å². The lowest BCUT2D eigenvalue weighted by Gasteiger charge is -2.26. The number of amides is 4. The third-order valence-electron chi connectivity index (χ3n) is 6.25. The van der Waals surface area contributed by atoms with Crippen LogP contribution < -0.4 is 21.3 Å². The van der Waals surface area contributed by atoms with Gasteiger partial charge in [-0.25, -0.2) is 0 Å². The van der Waals surface area contributed by atoms with Crippen LogP contribution in [0.25, 0.3) is 11.0 Å². The Morgan fingerprint density at radius 1 is 1.05 bits per heavy atom. The number of furan rings is 1. The Labute approximate surface area is 223 Å². The summed E-state index contributed by atoms with van der Waals surface area (Å²) in [6.45, 7) is 0.0899. The first kappa shape index (κ1) is 26.9. The molecule has 1 fully saturated rings. The van der Waals surface area contributed by atoms with Crippen LogP contribution in [0.2, 0.25) is 5.02 Å². The second-order valence-corrected chi connectivity index (χ2v) is 9.36. The fourth-order valence-electron chi connectivity index (χ4n) is 4.23. The molecule has 198 valence electrons. The molecule has 1 aliphatic heterocycles. The van der Waals surface area contributed by atoms with E-state index in [1.54, 1.807) is 54.6 Å². The highest BCUT2D eigenvalue weighted by atomic mass is 35.5. The van der Waals surface area contributed by atoms with E-state index in [9.17, 15) is 24.0 Å². The minimum absolute atomic E-state index is 0.0163. The average molecular weight is 539 g/mol. The van der Waals surface area contributed by atoms with Gasteiger partial charge in [0.15, 0.2) is 5.76 Å². The molecular weight excluding hydrogens is 512 g/mol. The topological polar surface area (TPSA) is 147 Å². The van der Waals surface area contributed by atoms with Gasteiger partial charge in [0.25, 0.3) is 11.8 Å². The lowest BCUT2D eigenvalue weighted by Crippen LogP contribution is -2.52. The second-order valence-electron chi connectivity index (χ2n) is 8.96. The zero-order valence-electron chi connectivity index (χ0n) is 20.4. The monoisotopic (exact) mass is 538 g/mol. The van der Waals surface area contributed by atoms with Crippen molar-refractivity contribution in [2.24, 2.45) is 5.92 Å². The number of Topliss-reactive ketones (excluding diaryl/α,β-unsaturated/α-hetero) is 1. The van der Waals surface area contributed by atoms with Crippen molar-refractivity contribution in [1.82, 2.24) is 21.3 Å². The number of nitrogens with one attached hydrogen (secondary N) is 4. The van der Waals surface area contributed by atoms with Crippen LogP contribution in [0, 0.1) is 5.92 Å². The Morgan fingerprint density at radius 3 is 2.58 bits per heavy atom. The number of piperidine rings is 1. The van der Waals surface area contributed by atoms with E-state index in [2.05, 4.69) is 21.3 Å². The molecule has 4 N–H and O–H groups in total. The van der Waals surface area contributed by atoms with Crippen molar-refractivity contribution in [3.05, 3.63) is 70.9 Å². The van der Waals surface area contributed by atoms with E-state index in [-0.39, 0.29) is 24.6 Å². The van der Waals surface area contributed by atoms with Crippen molar-refractivity contribution in [3.63, 3.8) is 0 Å². The summed E-state index contributed by atoms with van der Waals surface area (Å²) in [5.74, 6) is -3.86. The van der Waals surface area contributed by atoms with Crippen LogP contribution in [-0.2, 0) is 25.7 Å². The summed E-state index contributed by atoms with van der Waals surface area (Å²) in [7, 11) is 0. The van der Waals surface area contributed by atoms with Gasteiger partial charge in [-0.2, -0.15) is 0 Å². The third-order valence-corrected chi connectivity index (χ3v) is 6.62. The molecule has 0 aliphatic carbocycles. The van der Waals surface area contributed by atoms with Crippen LogP contribution in [0.5, 0.6) is 0 Å². The van der Waals surface area contributed by atoms with E-state index in [4.69, 9.17) is 16.0 Å². The molecule has 3 aromatic rings. The predicted octanol–water partition coefficient (Wildman–Crippen LogP) is 2.10. The maximum atomic E-state index is 13.0. The summed E-state index contributed by atoms with van der Waals surface area (Å²) < 4.78 is 5.49. The zero-order valence-corrected chi connectivity index (χ0v) is 21.2. The van der Waals surface area contributed by atoms with Gasteiger partial charge in [0.05, 0.1) is 12.6 Å². The minimum Gasteiger partial charge on any atom is -0.451 e. The second kappa shape index (κ2) is 12.4. The molecule has 10 nitrogen and oxygen atoms in total.